The van der Waals surface area contributed by atoms with Crippen LogP contribution in [0.15, 0.2) is 24.3 Å². The Morgan fingerprint density at radius 2 is 1.52 bits per heavy atom. The van der Waals surface area contributed by atoms with Crippen LogP contribution in [-0.4, -0.2) is 40.5 Å². The number of rotatable bonds is 12. The van der Waals surface area contributed by atoms with E-state index in [0.29, 0.717) is 0 Å². The van der Waals surface area contributed by atoms with E-state index >= 15 is 0 Å². The van der Waals surface area contributed by atoms with Crippen LogP contribution in [0.2, 0.25) is 13.3 Å². The number of para-hydroxylation sites is 1. The summed E-state index contributed by atoms with van der Waals surface area (Å²) in [5, 5.41) is 8.96. The van der Waals surface area contributed by atoms with Gasteiger partial charge in [-0.1, -0.05) is 0 Å². The van der Waals surface area contributed by atoms with Gasteiger partial charge in [0.1, 0.15) is 0 Å². The van der Waals surface area contributed by atoms with Gasteiger partial charge < -0.3 is 0 Å². The number of aromatic nitrogens is 3. The molecule has 0 fully saturated rings. The summed E-state index contributed by atoms with van der Waals surface area (Å²) in [6.45, 7) is 6.93. The van der Waals surface area contributed by atoms with Gasteiger partial charge in [0.05, 0.1) is 0 Å². The van der Waals surface area contributed by atoms with Crippen molar-refractivity contribution in [2.75, 3.05) is 7.11 Å². The first kappa shape index (κ1) is 20.7. The van der Waals surface area contributed by atoms with Gasteiger partial charge in [0, 0.05) is 0 Å². The van der Waals surface area contributed by atoms with E-state index in [9.17, 15) is 0 Å². The third kappa shape index (κ3) is 4.97. The fourth-order valence-electron chi connectivity index (χ4n) is 4.00. The number of unbranched alkanes of at least 4 members (excludes halogenated alkanes) is 3. The van der Waals surface area contributed by atoms with E-state index in [-0.39, 0.29) is 4.24 Å². The molecule has 0 saturated carbocycles. The average Bonchev–Trinajstić information content (AvgIpc) is 3.07. The maximum atomic E-state index is 6.21. The van der Waals surface area contributed by atoms with Gasteiger partial charge in [-0.05, 0) is 0 Å². The Hall–Kier alpha value is -0.621. The van der Waals surface area contributed by atoms with Crippen molar-refractivity contribution in [3.63, 3.8) is 0 Å². The average molecular weight is 452 g/mol. The standard InChI is InChI=1S/C8H8N3O.3C4H9.Sn/c1-12-6-11-8-5-3-2-4-7(8)9-10-11;3*1-3-4-2;/h2-6H,1H3;3*1,3-4H2,2H3;. The number of benzene rings is 1. The summed E-state index contributed by atoms with van der Waals surface area (Å²) in [7, 11) is 1.89. The summed E-state index contributed by atoms with van der Waals surface area (Å²) in [5.74, 6) is 0. The Labute approximate surface area is 157 Å². The molecule has 1 aromatic carbocycles. The fraction of sp³-hybridized carbons (Fsp3) is 0.700. The molecule has 4 nitrogen and oxygen atoms in total. The molecule has 0 aliphatic heterocycles. The van der Waals surface area contributed by atoms with Crippen LogP contribution in [0.3, 0.4) is 0 Å². The number of hydrogen-bond donors (Lipinski definition) is 0. The Morgan fingerprint density at radius 1 is 0.960 bits per heavy atom. The SMILES string of the molecule is CCC[CH2][Sn]([CH2]CCC)([CH2]CCC)[CH](OC)n1nnc2ccccc21. The molecule has 0 aliphatic carbocycles. The van der Waals surface area contributed by atoms with E-state index < -0.39 is 18.4 Å². The van der Waals surface area contributed by atoms with Crippen molar-refractivity contribution in [1.29, 1.82) is 0 Å². The van der Waals surface area contributed by atoms with E-state index in [1.165, 1.54) is 51.8 Å². The van der Waals surface area contributed by atoms with Crippen LogP contribution in [-0.2, 0) is 4.74 Å². The van der Waals surface area contributed by atoms with Gasteiger partial charge in [0.25, 0.3) is 0 Å². The van der Waals surface area contributed by atoms with E-state index in [1.807, 2.05) is 19.2 Å². The molecule has 5 heteroatoms. The topological polar surface area (TPSA) is 39.9 Å². The maximum absolute atomic E-state index is 6.21. The first-order valence-corrected chi connectivity index (χ1v) is 17.7. The molecule has 1 unspecified atom stereocenters. The molecule has 0 N–H and O–H groups in total. The summed E-state index contributed by atoms with van der Waals surface area (Å²) in [4.78, 5) is 0. The predicted molar refractivity (Wildman–Crippen MR) is 108 cm³/mol. The van der Waals surface area contributed by atoms with Crippen LogP contribution in [0.4, 0.5) is 0 Å². The zero-order valence-corrected chi connectivity index (χ0v) is 19.4. The van der Waals surface area contributed by atoms with Crippen LogP contribution in [0.5, 0.6) is 0 Å². The molecule has 1 heterocycles. The van der Waals surface area contributed by atoms with Crippen molar-refractivity contribution >= 4 is 29.4 Å². The summed E-state index contributed by atoms with van der Waals surface area (Å²) >= 11 is -2.59. The van der Waals surface area contributed by atoms with Crippen LogP contribution < -0.4 is 0 Å². The van der Waals surface area contributed by atoms with Crippen LogP contribution in [0.25, 0.3) is 11.0 Å². The van der Waals surface area contributed by atoms with Crippen molar-refractivity contribution in [1.82, 2.24) is 15.0 Å². The molecule has 0 aliphatic rings. The van der Waals surface area contributed by atoms with Crippen molar-refractivity contribution < 1.29 is 4.74 Å². The first-order chi connectivity index (χ1) is 12.2. The Bertz CT molecular complexity index is 606. The van der Waals surface area contributed by atoms with Gasteiger partial charge in [0.2, 0.25) is 0 Å². The third-order valence-corrected chi connectivity index (χ3v) is 21.3. The zero-order chi connectivity index (χ0) is 18.1. The monoisotopic (exact) mass is 453 g/mol. The number of ether oxygens (including phenoxy) is 1. The zero-order valence-electron chi connectivity index (χ0n) is 16.5. The normalized spacial score (nSPS) is 13.4. The summed E-state index contributed by atoms with van der Waals surface area (Å²) in [6, 6.07) is 8.30. The second-order valence-corrected chi connectivity index (χ2v) is 20.8. The van der Waals surface area contributed by atoms with Gasteiger partial charge in [-0.2, -0.15) is 0 Å². The Kier molecular flexibility index (Phi) is 8.70. The Morgan fingerprint density at radius 3 is 2.04 bits per heavy atom. The van der Waals surface area contributed by atoms with Crippen molar-refractivity contribution in [2.45, 2.75) is 76.9 Å². The molecule has 2 rings (SSSR count). The van der Waals surface area contributed by atoms with Gasteiger partial charge in [-0.15, -0.1) is 0 Å². The van der Waals surface area contributed by atoms with Gasteiger partial charge in [-0.3, -0.25) is 0 Å². The summed E-state index contributed by atoms with van der Waals surface area (Å²) in [5.41, 5.74) is 2.10. The van der Waals surface area contributed by atoms with E-state index in [0.717, 1.165) is 11.0 Å². The van der Waals surface area contributed by atoms with E-state index in [4.69, 9.17) is 4.74 Å². The molecule has 140 valence electrons. The molecule has 2 aromatic rings. The molecule has 0 radical (unpaired) electrons. The molecular formula is C20H35N3OSn. The second-order valence-electron chi connectivity index (χ2n) is 7.28. The number of nitrogens with zero attached hydrogens (tertiary/aromatic N) is 3. The van der Waals surface area contributed by atoms with E-state index in [1.54, 1.807) is 0 Å². The molecule has 0 bridgehead atoms. The van der Waals surface area contributed by atoms with Gasteiger partial charge in [-0.25, -0.2) is 0 Å². The van der Waals surface area contributed by atoms with E-state index in [2.05, 4.69) is 47.9 Å². The van der Waals surface area contributed by atoms with Gasteiger partial charge in [0.15, 0.2) is 0 Å². The van der Waals surface area contributed by atoms with Crippen molar-refractivity contribution in [3.8, 4) is 0 Å². The van der Waals surface area contributed by atoms with Crippen LogP contribution in [0, 0.1) is 0 Å². The van der Waals surface area contributed by atoms with Crippen LogP contribution >= 0.6 is 0 Å². The minimum atomic E-state index is -2.59. The summed E-state index contributed by atoms with van der Waals surface area (Å²) in [6.07, 6.45) is 7.80. The van der Waals surface area contributed by atoms with Gasteiger partial charge >= 0.3 is 157 Å². The molecule has 1 atom stereocenters. The number of fused-ring (bicyclic) bond motifs is 1. The second kappa shape index (κ2) is 10.5. The molecule has 0 amide bonds. The fourth-order valence-corrected chi connectivity index (χ4v) is 20.8. The molecule has 0 saturated heterocycles. The Balaban J connectivity index is 2.45. The number of methoxy groups -OCH3 is 1. The molecular weight excluding hydrogens is 417 g/mol. The molecule has 0 spiro atoms. The quantitative estimate of drug-likeness (QED) is 0.373. The minimum absolute atomic E-state index is 0.159. The number of hydrogen-bond acceptors (Lipinski definition) is 3. The van der Waals surface area contributed by atoms with Crippen molar-refractivity contribution in [3.05, 3.63) is 24.3 Å². The summed E-state index contributed by atoms with van der Waals surface area (Å²) < 4.78 is 12.7. The predicted octanol–water partition coefficient (Wildman–Crippen LogP) is 5.96. The molecule has 1 aromatic heterocycles. The first-order valence-electron chi connectivity index (χ1n) is 10.0. The third-order valence-electron chi connectivity index (χ3n) is 5.43. The van der Waals surface area contributed by atoms with Crippen LogP contribution in [0.1, 0.15) is 63.5 Å². The molecule has 25 heavy (non-hydrogen) atoms. The van der Waals surface area contributed by atoms with Crippen molar-refractivity contribution in [2.24, 2.45) is 0 Å².